The Morgan fingerprint density at radius 1 is 1.26 bits per heavy atom. The summed E-state index contributed by atoms with van der Waals surface area (Å²) in [6.07, 6.45) is 1.86. The molecule has 1 aromatic rings. The van der Waals surface area contributed by atoms with E-state index in [-0.39, 0.29) is 11.8 Å². The lowest BCUT2D eigenvalue weighted by Crippen LogP contribution is -2.39. The van der Waals surface area contributed by atoms with Crippen molar-refractivity contribution < 1.29 is 18.3 Å². The summed E-state index contributed by atoms with van der Waals surface area (Å²) in [5.74, 6) is 0.364. The molecule has 1 saturated heterocycles. The fraction of sp³-hybridized carbons (Fsp3) is 0.538. The quantitative estimate of drug-likeness (QED) is 0.913. The molecule has 0 bridgehead atoms. The fourth-order valence-corrected chi connectivity index (χ4v) is 2.20. The van der Waals surface area contributed by atoms with E-state index in [1.54, 1.807) is 12.1 Å². The first-order chi connectivity index (χ1) is 9.10. The molecule has 1 aromatic carbocycles. The lowest BCUT2D eigenvalue weighted by atomic mass is 10.1. The number of benzene rings is 1. The van der Waals surface area contributed by atoms with Gasteiger partial charge in [0.2, 0.25) is 0 Å². The van der Waals surface area contributed by atoms with E-state index in [4.69, 9.17) is 10.5 Å². The third kappa shape index (κ3) is 3.47. The molecule has 1 aliphatic heterocycles. The largest absolute Gasteiger partial charge is 0.493 e. The average Bonchev–Trinajstić information content (AvgIpc) is 2.39. The smallest absolute Gasteiger partial charge is 0.387 e. The van der Waals surface area contributed by atoms with E-state index in [2.05, 4.69) is 9.64 Å². The molecule has 4 nitrogen and oxygen atoms in total. The highest BCUT2D eigenvalue weighted by molar-refractivity contribution is 5.56. The van der Waals surface area contributed by atoms with Gasteiger partial charge >= 0.3 is 6.61 Å². The number of alkyl halides is 2. The molecule has 0 amide bonds. The molecule has 106 valence electrons. The Balaban J connectivity index is 2.14. The van der Waals surface area contributed by atoms with Crippen molar-refractivity contribution >= 4 is 5.69 Å². The number of nitrogens with two attached hydrogens (primary N) is 1. The van der Waals surface area contributed by atoms with Crippen LogP contribution in [0.25, 0.3) is 0 Å². The summed E-state index contributed by atoms with van der Waals surface area (Å²) < 4.78 is 34.0. The van der Waals surface area contributed by atoms with E-state index >= 15 is 0 Å². The number of halogens is 2. The maximum atomic E-state index is 12.2. The van der Waals surface area contributed by atoms with E-state index in [0.29, 0.717) is 5.75 Å². The van der Waals surface area contributed by atoms with Crippen LogP contribution in [0.1, 0.15) is 12.8 Å². The third-order valence-corrected chi connectivity index (χ3v) is 3.27. The topological polar surface area (TPSA) is 47.7 Å². The van der Waals surface area contributed by atoms with Crippen molar-refractivity contribution in [3.05, 3.63) is 18.2 Å². The molecule has 0 saturated carbocycles. The van der Waals surface area contributed by atoms with Gasteiger partial charge in [0.25, 0.3) is 0 Å². The molecule has 6 heteroatoms. The van der Waals surface area contributed by atoms with Gasteiger partial charge in [0.1, 0.15) is 0 Å². The number of methoxy groups -OCH3 is 1. The predicted molar refractivity (Wildman–Crippen MR) is 69.0 cm³/mol. The van der Waals surface area contributed by atoms with Crippen LogP contribution in [0.3, 0.4) is 0 Å². The number of hydrogen-bond donors (Lipinski definition) is 1. The maximum absolute atomic E-state index is 12.2. The molecular formula is C13H18F2N2O2. The van der Waals surface area contributed by atoms with Crippen LogP contribution >= 0.6 is 0 Å². The molecule has 0 unspecified atom stereocenters. The molecule has 0 spiro atoms. The number of anilines is 1. The highest BCUT2D eigenvalue weighted by atomic mass is 19.3. The summed E-state index contributed by atoms with van der Waals surface area (Å²) in [6, 6.07) is 5.24. The predicted octanol–water partition coefficient (Wildman–Crippen LogP) is 2.22. The SMILES string of the molecule is COc1cc(N2CCC(N)CC2)ccc1OC(F)F. The summed E-state index contributed by atoms with van der Waals surface area (Å²) in [7, 11) is 1.43. The molecule has 1 fully saturated rings. The van der Waals surface area contributed by atoms with Crippen molar-refractivity contribution in [2.24, 2.45) is 5.73 Å². The Kier molecular flexibility index (Phi) is 4.42. The molecule has 0 aromatic heterocycles. The second-order valence-electron chi connectivity index (χ2n) is 4.54. The molecule has 0 radical (unpaired) electrons. The average molecular weight is 272 g/mol. The van der Waals surface area contributed by atoms with E-state index in [9.17, 15) is 8.78 Å². The molecule has 0 aliphatic carbocycles. The minimum atomic E-state index is -2.85. The Bertz CT molecular complexity index is 421. The van der Waals surface area contributed by atoms with Crippen LogP contribution in [-0.4, -0.2) is 32.9 Å². The van der Waals surface area contributed by atoms with Crippen molar-refractivity contribution in [3.63, 3.8) is 0 Å². The zero-order valence-electron chi connectivity index (χ0n) is 10.8. The van der Waals surface area contributed by atoms with Crippen molar-refractivity contribution in [2.75, 3.05) is 25.1 Å². The first-order valence-corrected chi connectivity index (χ1v) is 6.23. The molecule has 19 heavy (non-hydrogen) atoms. The van der Waals surface area contributed by atoms with Gasteiger partial charge in [-0.2, -0.15) is 8.78 Å². The van der Waals surface area contributed by atoms with Gasteiger partial charge in [0, 0.05) is 30.9 Å². The summed E-state index contributed by atoms with van der Waals surface area (Å²) in [5, 5.41) is 0. The van der Waals surface area contributed by atoms with Crippen LogP contribution in [-0.2, 0) is 0 Å². The van der Waals surface area contributed by atoms with Crippen LogP contribution in [0.15, 0.2) is 18.2 Å². The van der Waals surface area contributed by atoms with Crippen LogP contribution in [0.5, 0.6) is 11.5 Å². The van der Waals surface area contributed by atoms with E-state index in [0.717, 1.165) is 31.6 Å². The van der Waals surface area contributed by atoms with Crippen molar-refractivity contribution in [3.8, 4) is 11.5 Å². The number of ether oxygens (including phenoxy) is 2. The van der Waals surface area contributed by atoms with Crippen LogP contribution in [0.2, 0.25) is 0 Å². The van der Waals surface area contributed by atoms with E-state index in [1.807, 2.05) is 0 Å². The number of nitrogens with zero attached hydrogens (tertiary/aromatic N) is 1. The maximum Gasteiger partial charge on any atom is 0.387 e. The fourth-order valence-electron chi connectivity index (χ4n) is 2.20. The second kappa shape index (κ2) is 6.06. The number of hydrogen-bond acceptors (Lipinski definition) is 4. The van der Waals surface area contributed by atoms with Gasteiger partial charge in [-0.3, -0.25) is 0 Å². The number of piperidine rings is 1. The number of rotatable bonds is 4. The van der Waals surface area contributed by atoms with Gasteiger partial charge in [0.05, 0.1) is 7.11 Å². The first kappa shape index (κ1) is 13.9. The lowest BCUT2D eigenvalue weighted by Gasteiger charge is -2.32. The van der Waals surface area contributed by atoms with Gasteiger partial charge in [-0.1, -0.05) is 0 Å². The van der Waals surface area contributed by atoms with Crippen LogP contribution in [0, 0.1) is 0 Å². The highest BCUT2D eigenvalue weighted by Gasteiger charge is 2.18. The molecule has 1 aliphatic rings. The van der Waals surface area contributed by atoms with Crippen LogP contribution < -0.4 is 20.1 Å². The normalized spacial score (nSPS) is 16.8. The third-order valence-electron chi connectivity index (χ3n) is 3.27. The molecule has 2 rings (SSSR count). The van der Waals surface area contributed by atoms with Crippen molar-refractivity contribution in [2.45, 2.75) is 25.5 Å². The Morgan fingerprint density at radius 2 is 1.95 bits per heavy atom. The van der Waals surface area contributed by atoms with Crippen molar-refractivity contribution in [1.29, 1.82) is 0 Å². The standard InChI is InChI=1S/C13H18F2N2O2/c1-18-12-8-10(2-3-11(12)19-13(14)15)17-6-4-9(16)5-7-17/h2-3,8-9,13H,4-7,16H2,1H3. The minimum Gasteiger partial charge on any atom is -0.493 e. The monoisotopic (exact) mass is 272 g/mol. The molecular weight excluding hydrogens is 254 g/mol. The Labute approximate surface area is 111 Å². The highest BCUT2D eigenvalue weighted by Crippen LogP contribution is 2.33. The first-order valence-electron chi connectivity index (χ1n) is 6.23. The molecule has 1 heterocycles. The summed E-state index contributed by atoms with van der Waals surface area (Å²) >= 11 is 0. The van der Waals surface area contributed by atoms with Gasteiger partial charge < -0.3 is 20.1 Å². The zero-order valence-corrected chi connectivity index (χ0v) is 10.8. The van der Waals surface area contributed by atoms with E-state index < -0.39 is 6.61 Å². The summed E-state index contributed by atoms with van der Waals surface area (Å²) in [5.41, 5.74) is 6.79. The Hall–Kier alpha value is -1.56. The second-order valence-corrected chi connectivity index (χ2v) is 4.54. The van der Waals surface area contributed by atoms with Gasteiger partial charge in [-0.05, 0) is 25.0 Å². The van der Waals surface area contributed by atoms with Crippen LogP contribution in [0.4, 0.5) is 14.5 Å². The van der Waals surface area contributed by atoms with Gasteiger partial charge in [-0.15, -0.1) is 0 Å². The van der Waals surface area contributed by atoms with Crippen molar-refractivity contribution in [1.82, 2.24) is 0 Å². The Morgan fingerprint density at radius 3 is 2.53 bits per heavy atom. The lowest BCUT2D eigenvalue weighted by molar-refractivity contribution is -0.0512. The molecule has 2 N–H and O–H groups in total. The molecule has 0 atom stereocenters. The van der Waals surface area contributed by atoms with E-state index in [1.165, 1.54) is 13.2 Å². The summed E-state index contributed by atoms with van der Waals surface area (Å²) in [4.78, 5) is 2.16. The summed E-state index contributed by atoms with van der Waals surface area (Å²) in [6.45, 7) is -1.13. The zero-order chi connectivity index (χ0) is 13.8. The minimum absolute atomic E-state index is 0.0509. The van der Waals surface area contributed by atoms with Gasteiger partial charge in [0.15, 0.2) is 11.5 Å². The van der Waals surface area contributed by atoms with Gasteiger partial charge in [-0.25, -0.2) is 0 Å².